The number of hydrogen-bond acceptors (Lipinski definition) is 3. The summed E-state index contributed by atoms with van der Waals surface area (Å²) in [7, 11) is 1.61. The number of ether oxygens (including phenoxy) is 2. The van der Waals surface area contributed by atoms with E-state index in [1.165, 1.54) is 18.2 Å². The second kappa shape index (κ2) is 7.19. The van der Waals surface area contributed by atoms with Crippen LogP contribution < -0.4 is 10.1 Å². The molecule has 1 N–H and O–H groups in total. The lowest BCUT2D eigenvalue weighted by molar-refractivity contribution is 0.168. The van der Waals surface area contributed by atoms with Gasteiger partial charge in [0.2, 0.25) is 0 Å². The van der Waals surface area contributed by atoms with Crippen LogP contribution in [0.2, 0.25) is 0 Å². The summed E-state index contributed by atoms with van der Waals surface area (Å²) in [6.45, 7) is 3.23. The van der Waals surface area contributed by atoms with Gasteiger partial charge in [-0.1, -0.05) is 6.07 Å². The zero-order valence-corrected chi connectivity index (χ0v) is 10.0. The number of nitrogens with one attached hydrogen (secondary N) is 1. The molecule has 1 rings (SSSR count). The lowest BCUT2D eigenvalue weighted by Crippen LogP contribution is -2.33. The van der Waals surface area contributed by atoms with Crippen LogP contribution in [0.4, 0.5) is 8.78 Å². The van der Waals surface area contributed by atoms with Crippen LogP contribution >= 0.6 is 0 Å². The van der Waals surface area contributed by atoms with Gasteiger partial charge in [-0.05, 0) is 19.1 Å². The van der Waals surface area contributed by atoms with E-state index in [2.05, 4.69) is 5.32 Å². The van der Waals surface area contributed by atoms with Crippen molar-refractivity contribution in [3.8, 4) is 5.75 Å². The van der Waals surface area contributed by atoms with Gasteiger partial charge >= 0.3 is 0 Å². The first-order chi connectivity index (χ1) is 8.15. The Morgan fingerprint density at radius 1 is 1.29 bits per heavy atom. The molecule has 1 unspecified atom stereocenters. The van der Waals surface area contributed by atoms with Crippen molar-refractivity contribution in [2.24, 2.45) is 0 Å². The normalized spacial score (nSPS) is 12.5. The minimum atomic E-state index is -0.685. The maximum Gasteiger partial charge on any atom is 0.190 e. The lowest BCUT2D eigenvalue weighted by atomic mass is 10.3. The molecule has 17 heavy (non-hydrogen) atoms. The molecule has 0 aliphatic heterocycles. The van der Waals surface area contributed by atoms with E-state index in [0.29, 0.717) is 13.2 Å². The highest BCUT2D eigenvalue weighted by Crippen LogP contribution is 2.20. The fourth-order valence-corrected chi connectivity index (χ4v) is 1.39. The van der Waals surface area contributed by atoms with Crippen LogP contribution in [0, 0.1) is 11.6 Å². The highest BCUT2D eigenvalue weighted by atomic mass is 19.1. The Hall–Kier alpha value is -1.20. The van der Waals surface area contributed by atoms with Crippen molar-refractivity contribution in [2.45, 2.75) is 13.0 Å². The molecule has 96 valence electrons. The molecule has 1 aromatic rings. The molecule has 0 saturated carbocycles. The van der Waals surface area contributed by atoms with Crippen molar-refractivity contribution in [2.75, 3.05) is 26.9 Å². The quantitative estimate of drug-likeness (QED) is 0.745. The zero-order valence-electron chi connectivity index (χ0n) is 10.0. The smallest absolute Gasteiger partial charge is 0.190 e. The topological polar surface area (TPSA) is 30.5 Å². The first-order valence-electron chi connectivity index (χ1n) is 5.44. The largest absolute Gasteiger partial charge is 0.486 e. The summed E-state index contributed by atoms with van der Waals surface area (Å²) in [6.07, 6.45) is 0. The number of para-hydroxylation sites is 1. The molecule has 0 spiro atoms. The highest BCUT2D eigenvalue weighted by molar-refractivity contribution is 5.25. The van der Waals surface area contributed by atoms with Crippen LogP contribution in [0.1, 0.15) is 6.92 Å². The van der Waals surface area contributed by atoms with Crippen molar-refractivity contribution >= 4 is 0 Å². The summed E-state index contributed by atoms with van der Waals surface area (Å²) in [5.41, 5.74) is 0. The third kappa shape index (κ3) is 4.66. The summed E-state index contributed by atoms with van der Waals surface area (Å²) < 4.78 is 36.3. The maximum atomic E-state index is 13.2. The van der Waals surface area contributed by atoms with Crippen LogP contribution in [-0.2, 0) is 4.74 Å². The molecule has 0 aromatic heterocycles. The number of hydrogen-bond donors (Lipinski definition) is 1. The average Bonchev–Trinajstić information content (AvgIpc) is 2.28. The molecular formula is C12H17F2NO2. The van der Waals surface area contributed by atoms with Crippen molar-refractivity contribution in [3.05, 3.63) is 29.8 Å². The van der Waals surface area contributed by atoms with Crippen molar-refractivity contribution in [3.63, 3.8) is 0 Å². The Balaban J connectivity index is 2.31. The fraction of sp³-hybridized carbons (Fsp3) is 0.500. The monoisotopic (exact) mass is 245 g/mol. The Labute approximate surface area is 99.7 Å². The minimum absolute atomic E-state index is 0.175. The Bertz CT molecular complexity index is 327. The predicted molar refractivity (Wildman–Crippen MR) is 61.2 cm³/mol. The van der Waals surface area contributed by atoms with Gasteiger partial charge in [0.15, 0.2) is 17.4 Å². The number of benzene rings is 1. The molecule has 0 amide bonds. The first-order valence-corrected chi connectivity index (χ1v) is 5.44. The maximum absolute atomic E-state index is 13.2. The molecular weight excluding hydrogens is 228 g/mol. The third-order valence-electron chi connectivity index (χ3n) is 2.18. The average molecular weight is 245 g/mol. The van der Waals surface area contributed by atoms with Gasteiger partial charge < -0.3 is 14.8 Å². The number of methoxy groups -OCH3 is 1. The minimum Gasteiger partial charge on any atom is -0.486 e. The summed E-state index contributed by atoms with van der Waals surface area (Å²) in [4.78, 5) is 0. The van der Waals surface area contributed by atoms with Crippen molar-refractivity contribution in [1.82, 2.24) is 5.32 Å². The molecule has 0 heterocycles. The van der Waals surface area contributed by atoms with Crippen molar-refractivity contribution < 1.29 is 18.3 Å². The molecule has 1 aromatic carbocycles. The molecule has 0 bridgehead atoms. The van der Waals surface area contributed by atoms with Crippen LogP contribution in [0.15, 0.2) is 18.2 Å². The second-order valence-electron chi connectivity index (χ2n) is 3.71. The lowest BCUT2D eigenvalue weighted by Gasteiger charge is -2.13. The number of halogens is 2. The van der Waals surface area contributed by atoms with Gasteiger partial charge in [0.05, 0.1) is 6.61 Å². The van der Waals surface area contributed by atoms with E-state index in [4.69, 9.17) is 9.47 Å². The van der Waals surface area contributed by atoms with E-state index in [0.717, 1.165) is 0 Å². The van der Waals surface area contributed by atoms with E-state index >= 15 is 0 Å². The molecule has 0 aliphatic rings. The van der Waals surface area contributed by atoms with Gasteiger partial charge in [-0.25, -0.2) is 8.78 Å². The summed E-state index contributed by atoms with van der Waals surface area (Å²) in [5.74, 6) is -1.70. The highest BCUT2D eigenvalue weighted by Gasteiger charge is 2.09. The van der Waals surface area contributed by atoms with E-state index in [1.807, 2.05) is 6.92 Å². The van der Waals surface area contributed by atoms with E-state index in [1.54, 1.807) is 7.11 Å². The zero-order chi connectivity index (χ0) is 12.7. The van der Waals surface area contributed by atoms with Gasteiger partial charge in [0, 0.05) is 19.7 Å². The van der Waals surface area contributed by atoms with Crippen LogP contribution in [0.3, 0.4) is 0 Å². The van der Waals surface area contributed by atoms with Gasteiger partial charge in [-0.2, -0.15) is 0 Å². The Kier molecular flexibility index (Phi) is 5.86. The van der Waals surface area contributed by atoms with E-state index in [9.17, 15) is 8.78 Å². The van der Waals surface area contributed by atoms with Gasteiger partial charge in [-0.3, -0.25) is 0 Å². The molecule has 0 saturated heterocycles. The molecule has 0 aliphatic carbocycles. The van der Waals surface area contributed by atoms with Crippen molar-refractivity contribution in [1.29, 1.82) is 0 Å². The van der Waals surface area contributed by atoms with Crippen LogP contribution in [-0.4, -0.2) is 32.9 Å². The first kappa shape index (κ1) is 13.9. The van der Waals surface area contributed by atoms with Gasteiger partial charge in [0.25, 0.3) is 0 Å². The van der Waals surface area contributed by atoms with Crippen LogP contribution in [0.25, 0.3) is 0 Å². The molecule has 5 heteroatoms. The summed E-state index contributed by atoms with van der Waals surface area (Å²) in [6, 6.07) is 3.81. The van der Waals surface area contributed by atoms with Gasteiger partial charge in [0.1, 0.15) is 6.61 Å². The summed E-state index contributed by atoms with van der Waals surface area (Å²) >= 11 is 0. The fourth-order valence-electron chi connectivity index (χ4n) is 1.39. The molecule has 1 atom stereocenters. The predicted octanol–water partition coefficient (Wildman–Crippen LogP) is 1.97. The second-order valence-corrected chi connectivity index (χ2v) is 3.71. The van der Waals surface area contributed by atoms with Crippen LogP contribution in [0.5, 0.6) is 5.75 Å². The Morgan fingerprint density at radius 3 is 2.53 bits per heavy atom. The standard InChI is InChI=1S/C12H17F2NO2/c1-9(8-16-2)15-6-7-17-12-10(13)4-3-5-11(12)14/h3-5,9,15H,6-8H2,1-2H3. The molecule has 0 radical (unpaired) electrons. The molecule has 0 fully saturated rings. The SMILES string of the molecule is COCC(C)NCCOc1c(F)cccc1F. The molecule has 3 nitrogen and oxygen atoms in total. The van der Waals surface area contributed by atoms with Gasteiger partial charge in [-0.15, -0.1) is 0 Å². The van der Waals surface area contributed by atoms with E-state index in [-0.39, 0.29) is 18.4 Å². The summed E-state index contributed by atoms with van der Waals surface area (Å²) in [5, 5.41) is 3.10. The van der Waals surface area contributed by atoms with E-state index < -0.39 is 11.6 Å². The number of rotatable bonds is 7. The third-order valence-corrected chi connectivity index (χ3v) is 2.18. The Morgan fingerprint density at radius 2 is 1.94 bits per heavy atom.